The zero-order valence-electron chi connectivity index (χ0n) is 10.7. The summed E-state index contributed by atoms with van der Waals surface area (Å²) < 4.78 is 10.7. The Bertz CT molecular complexity index is 408. The van der Waals surface area contributed by atoms with Crippen molar-refractivity contribution >= 4 is 17.4 Å². The highest BCUT2D eigenvalue weighted by atomic mass is 35.5. The Balaban J connectivity index is 2.00. The van der Waals surface area contributed by atoms with Crippen LogP contribution >= 0.6 is 11.6 Å². The van der Waals surface area contributed by atoms with Gasteiger partial charge in [0.05, 0.1) is 5.60 Å². The van der Waals surface area contributed by atoms with Gasteiger partial charge in [0.1, 0.15) is 17.6 Å². The first-order valence-corrected chi connectivity index (χ1v) is 6.39. The molecule has 1 fully saturated rings. The molecule has 1 atom stereocenters. The van der Waals surface area contributed by atoms with E-state index in [1.54, 1.807) is 13.2 Å². The molecule has 0 amide bonds. The molecule has 18 heavy (non-hydrogen) atoms. The fourth-order valence-corrected chi connectivity index (χ4v) is 2.20. The molecule has 1 saturated heterocycles. The smallest absolute Gasteiger partial charge is 0.158 e. The van der Waals surface area contributed by atoms with Gasteiger partial charge in [-0.05, 0) is 19.8 Å². The van der Waals surface area contributed by atoms with Gasteiger partial charge in [0.25, 0.3) is 0 Å². The minimum absolute atomic E-state index is 0.112. The number of methoxy groups -OCH3 is 1. The third kappa shape index (κ3) is 3.54. The number of halogens is 1. The Morgan fingerprint density at radius 1 is 1.56 bits per heavy atom. The van der Waals surface area contributed by atoms with Gasteiger partial charge in [-0.25, -0.2) is 9.97 Å². The van der Waals surface area contributed by atoms with Gasteiger partial charge in [0.2, 0.25) is 0 Å². The first kappa shape index (κ1) is 13.5. The van der Waals surface area contributed by atoms with Gasteiger partial charge in [-0.1, -0.05) is 11.6 Å². The molecule has 2 rings (SSSR count). The van der Waals surface area contributed by atoms with E-state index in [1.165, 1.54) is 0 Å². The molecule has 5 nitrogen and oxygen atoms in total. The van der Waals surface area contributed by atoms with E-state index in [9.17, 15) is 0 Å². The molecule has 0 aliphatic carbocycles. The normalized spacial score (nSPS) is 23.3. The second kappa shape index (κ2) is 5.82. The third-order valence-electron chi connectivity index (χ3n) is 2.96. The van der Waals surface area contributed by atoms with E-state index in [-0.39, 0.29) is 5.60 Å². The van der Waals surface area contributed by atoms with Crippen molar-refractivity contribution < 1.29 is 9.47 Å². The lowest BCUT2D eigenvalue weighted by molar-refractivity contribution is 0.0314. The number of ether oxygens (including phenoxy) is 2. The summed E-state index contributed by atoms with van der Waals surface area (Å²) in [5.41, 5.74) is -0.112. The lowest BCUT2D eigenvalue weighted by atomic mass is 10.0. The Morgan fingerprint density at radius 2 is 2.39 bits per heavy atom. The molecule has 0 radical (unpaired) electrons. The number of anilines is 1. The Hall–Kier alpha value is -0.910. The highest BCUT2D eigenvalue weighted by Gasteiger charge is 2.29. The van der Waals surface area contributed by atoms with Crippen LogP contribution in [-0.2, 0) is 16.1 Å². The van der Waals surface area contributed by atoms with Gasteiger partial charge in [0.15, 0.2) is 5.82 Å². The lowest BCUT2D eigenvalue weighted by Crippen LogP contribution is -2.32. The molecule has 1 aliphatic rings. The number of hydrogen-bond acceptors (Lipinski definition) is 5. The highest BCUT2D eigenvalue weighted by molar-refractivity contribution is 6.29. The summed E-state index contributed by atoms with van der Waals surface area (Å²) in [6.45, 7) is 4.00. The summed E-state index contributed by atoms with van der Waals surface area (Å²) in [7, 11) is 1.60. The van der Waals surface area contributed by atoms with Crippen molar-refractivity contribution in [2.75, 3.05) is 25.6 Å². The average molecular weight is 272 g/mol. The number of nitrogens with one attached hydrogen (secondary N) is 1. The fourth-order valence-electron chi connectivity index (χ4n) is 2.00. The monoisotopic (exact) mass is 271 g/mol. The standard InChI is InChI=1S/C12H18ClN3O2/c1-12(4-3-5-18-12)8-14-10-6-9(13)15-11(16-10)7-17-2/h6H,3-5,7-8H2,1-2H3,(H,14,15,16). The molecule has 1 aliphatic heterocycles. The molecule has 1 aromatic heterocycles. The van der Waals surface area contributed by atoms with Gasteiger partial charge in [-0.2, -0.15) is 0 Å². The fraction of sp³-hybridized carbons (Fsp3) is 0.667. The molecule has 0 spiro atoms. The van der Waals surface area contributed by atoms with Crippen LogP contribution in [0.25, 0.3) is 0 Å². The van der Waals surface area contributed by atoms with Crippen molar-refractivity contribution in [3.8, 4) is 0 Å². The van der Waals surface area contributed by atoms with E-state index >= 15 is 0 Å². The molecule has 1 unspecified atom stereocenters. The van der Waals surface area contributed by atoms with Gasteiger partial charge >= 0.3 is 0 Å². The molecule has 6 heteroatoms. The van der Waals surface area contributed by atoms with Gasteiger partial charge < -0.3 is 14.8 Å². The summed E-state index contributed by atoms with van der Waals surface area (Å²) in [4.78, 5) is 8.41. The number of hydrogen-bond donors (Lipinski definition) is 1. The Morgan fingerprint density at radius 3 is 3.06 bits per heavy atom. The van der Waals surface area contributed by atoms with Crippen molar-refractivity contribution in [3.63, 3.8) is 0 Å². The molecule has 0 saturated carbocycles. The first-order valence-electron chi connectivity index (χ1n) is 6.01. The van der Waals surface area contributed by atoms with Crippen molar-refractivity contribution in [1.82, 2.24) is 9.97 Å². The highest BCUT2D eigenvalue weighted by Crippen LogP contribution is 2.25. The van der Waals surface area contributed by atoms with E-state index in [0.717, 1.165) is 19.4 Å². The molecule has 1 aromatic rings. The van der Waals surface area contributed by atoms with Crippen molar-refractivity contribution in [3.05, 3.63) is 17.0 Å². The van der Waals surface area contributed by atoms with E-state index in [2.05, 4.69) is 22.2 Å². The summed E-state index contributed by atoms with van der Waals surface area (Å²) in [5.74, 6) is 1.28. The third-order valence-corrected chi connectivity index (χ3v) is 3.15. The molecule has 100 valence electrons. The number of nitrogens with zero attached hydrogens (tertiary/aromatic N) is 2. The minimum Gasteiger partial charge on any atom is -0.377 e. The zero-order valence-corrected chi connectivity index (χ0v) is 11.5. The van der Waals surface area contributed by atoms with Crippen molar-refractivity contribution in [1.29, 1.82) is 0 Å². The predicted octanol–water partition coefficient (Wildman–Crippen LogP) is 2.26. The van der Waals surface area contributed by atoms with Crippen molar-refractivity contribution in [2.45, 2.75) is 32.0 Å². The summed E-state index contributed by atoms with van der Waals surface area (Å²) in [6.07, 6.45) is 2.17. The summed E-state index contributed by atoms with van der Waals surface area (Å²) >= 11 is 5.94. The van der Waals surface area contributed by atoms with Crippen LogP contribution in [0, 0.1) is 0 Å². The zero-order chi connectivity index (χ0) is 13.0. The van der Waals surface area contributed by atoms with Crippen molar-refractivity contribution in [2.24, 2.45) is 0 Å². The lowest BCUT2D eigenvalue weighted by Gasteiger charge is -2.23. The van der Waals surface area contributed by atoms with Gasteiger partial charge in [0, 0.05) is 26.3 Å². The second-order valence-corrected chi connectivity index (χ2v) is 5.07. The Labute approximate surface area is 112 Å². The molecular formula is C12H18ClN3O2. The molecule has 2 heterocycles. The molecular weight excluding hydrogens is 254 g/mol. The summed E-state index contributed by atoms with van der Waals surface area (Å²) in [5, 5.41) is 3.66. The number of rotatable bonds is 5. The quantitative estimate of drug-likeness (QED) is 0.833. The maximum absolute atomic E-state index is 5.94. The van der Waals surface area contributed by atoms with E-state index in [0.29, 0.717) is 29.9 Å². The van der Waals surface area contributed by atoms with Crippen LogP contribution in [0.1, 0.15) is 25.6 Å². The SMILES string of the molecule is COCc1nc(Cl)cc(NCC2(C)CCCO2)n1. The number of aromatic nitrogens is 2. The molecule has 0 aromatic carbocycles. The van der Waals surface area contributed by atoms with Crippen LogP contribution in [0.3, 0.4) is 0 Å². The first-order chi connectivity index (χ1) is 8.61. The topological polar surface area (TPSA) is 56.3 Å². The molecule has 1 N–H and O–H groups in total. The van der Waals surface area contributed by atoms with E-state index in [1.807, 2.05) is 0 Å². The van der Waals surface area contributed by atoms with Gasteiger partial charge in [-0.15, -0.1) is 0 Å². The predicted molar refractivity (Wildman–Crippen MR) is 69.8 cm³/mol. The maximum atomic E-state index is 5.94. The molecule has 0 bridgehead atoms. The van der Waals surface area contributed by atoms with Crippen LogP contribution < -0.4 is 5.32 Å². The van der Waals surface area contributed by atoms with Crippen LogP contribution in [0.5, 0.6) is 0 Å². The summed E-state index contributed by atoms with van der Waals surface area (Å²) in [6, 6.07) is 1.71. The van der Waals surface area contributed by atoms with Crippen LogP contribution in [0.4, 0.5) is 5.82 Å². The van der Waals surface area contributed by atoms with Crippen LogP contribution in [0.15, 0.2) is 6.07 Å². The maximum Gasteiger partial charge on any atom is 0.158 e. The minimum atomic E-state index is -0.112. The average Bonchev–Trinajstić information content (AvgIpc) is 2.74. The Kier molecular flexibility index (Phi) is 4.37. The van der Waals surface area contributed by atoms with Crippen LogP contribution in [0.2, 0.25) is 5.15 Å². The van der Waals surface area contributed by atoms with E-state index < -0.39 is 0 Å². The van der Waals surface area contributed by atoms with E-state index in [4.69, 9.17) is 21.1 Å². The van der Waals surface area contributed by atoms with Crippen LogP contribution in [-0.4, -0.2) is 35.8 Å². The second-order valence-electron chi connectivity index (χ2n) is 4.68. The van der Waals surface area contributed by atoms with Gasteiger partial charge in [-0.3, -0.25) is 0 Å². The largest absolute Gasteiger partial charge is 0.377 e.